The van der Waals surface area contributed by atoms with Crippen LogP contribution in [0, 0.1) is 5.41 Å². The average Bonchev–Trinajstić information content (AvgIpc) is 2.25. The van der Waals surface area contributed by atoms with E-state index in [-0.39, 0.29) is 5.41 Å². The monoisotopic (exact) mass is 245 g/mol. The summed E-state index contributed by atoms with van der Waals surface area (Å²) in [5.41, 5.74) is 0.188. The molecule has 0 amide bonds. The van der Waals surface area contributed by atoms with Gasteiger partial charge in [-0.25, -0.2) is 0 Å². The molecule has 0 radical (unpaired) electrons. The number of unbranched alkanes of at least 4 members (excludes halogenated alkanes) is 1. The number of rotatable bonds is 11. The highest BCUT2D eigenvalue weighted by Gasteiger charge is 2.17. The van der Waals surface area contributed by atoms with Gasteiger partial charge in [-0.1, -0.05) is 41.0 Å². The smallest absolute Gasteiger partial charge is 0.0700 e. The Morgan fingerprint density at radius 1 is 1.06 bits per heavy atom. The predicted molar refractivity (Wildman–Crippen MR) is 73.5 cm³/mol. The van der Waals surface area contributed by atoms with E-state index in [1.165, 1.54) is 6.42 Å². The third-order valence-corrected chi connectivity index (χ3v) is 2.50. The summed E-state index contributed by atoms with van der Waals surface area (Å²) in [5.74, 6) is 0. The predicted octanol–water partition coefficient (Wildman–Crippen LogP) is 2.84. The van der Waals surface area contributed by atoms with Gasteiger partial charge < -0.3 is 14.8 Å². The third-order valence-electron chi connectivity index (χ3n) is 2.50. The van der Waals surface area contributed by atoms with E-state index >= 15 is 0 Å². The first-order valence-electron chi connectivity index (χ1n) is 6.87. The average molecular weight is 245 g/mol. The molecule has 0 atom stereocenters. The second kappa shape index (κ2) is 9.86. The zero-order chi connectivity index (χ0) is 13.1. The molecule has 0 unspecified atom stereocenters. The van der Waals surface area contributed by atoms with Crippen molar-refractivity contribution in [2.45, 2.75) is 53.5 Å². The van der Waals surface area contributed by atoms with E-state index < -0.39 is 0 Å². The van der Waals surface area contributed by atoms with Crippen LogP contribution < -0.4 is 5.32 Å². The van der Waals surface area contributed by atoms with Crippen LogP contribution in [0.4, 0.5) is 0 Å². The lowest BCUT2D eigenvalue weighted by Crippen LogP contribution is -2.37. The molecule has 0 saturated heterocycles. The van der Waals surface area contributed by atoms with Gasteiger partial charge in [0.15, 0.2) is 0 Å². The van der Waals surface area contributed by atoms with E-state index in [9.17, 15) is 0 Å². The molecule has 0 heterocycles. The molecule has 0 aliphatic heterocycles. The van der Waals surface area contributed by atoms with Gasteiger partial charge in [0.1, 0.15) is 0 Å². The van der Waals surface area contributed by atoms with Gasteiger partial charge in [-0.3, -0.25) is 0 Å². The second-order valence-electron chi connectivity index (χ2n) is 5.72. The first kappa shape index (κ1) is 16.9. The first-order valence-corrected chi connectivity index (χ1v) is 6.87. The summed E-state index contributed by atoms with van der Waals surface area (Å²) < 4.78 is 11.1. The maximum Gasteiger partial charge on any atom is 0.0700 e. The number of nitrogens with one attached hydrogen (secondary N) is 1. The van der Waals surface area contributed by atoms with E-state index in [4.69, 9.17) is 9.47 Å². The van der Waals surface area contributed by atoms with Crippen LogP contribution in [0.2, 0.25) is 0 Å². The van der Waals surface area contributed by atoms with E-state index in [1.54, 1.807) is 0 Å². The summed E-state index contributed by atoms with van der Waals surface area (Å²) in [5, 5.41) is 3.44. The van der Waals surface area contributed by atoms with Crippen molar-refractivity contribution in [1.82, 2.24) is 5.32 Å². The highest BCUT2D eigenvalue weighted by atomic mass is 16.5. The normalized spacial score (nSPS) is 12.4. The lowest BCUT2D eigenvalue weighted by molar-refractivity contribution is 0.0140. The van der Waals surface area contributed by atoms with Crippen molar-refractivity contribution in [2.24, 2.45) is 5.41 Å². The first-order chi connectivity index (χ1) is 7.98. The summed E-state index contributed by atoms with van der Waals surface area (Å²) in [7, 11) is 0. The Morgan fingerprint density at radius 3 is 2.29 bits per heavy atom. The molecule has 3 heteroatoms. The summed E-state index contributed by atoms with van der Waals surface area (Å²) >= 11 is 0. The van der Waals surface area contributed by atoms with E-state index in [1.807, 2.05) is 0 Å². The molecule has 0 aromatic carbocycles. The van der Waals surface area contributed by atoms with Gasteiger partial charge in [-0.15, -0.1) is 0 Å². The molecule has 0 fully saturated rings. The van der Waals surface area contributed by atoms with Gasteiger partial charge in [0, 0.05) is 24.6 Å². The van der Waals surface area contributed by atoms with Gasteiger partial charge in [0.25, 0.3) is 0 Å². The molecular weight excluding hydrogens is 214 g/mol. The van der Waals surface area contributed by atoms with Crippen molar-refractivity contribution in [3.63, 3.8) is 0 Å². The van der Waals surface area contributed by atoms with Crippen molar-refractivity contribution in [2.75, 3.05) is 33.0 Å². The summed E-state index contributed by atoms with van der Waals surface area (Å²) in [6.07, 6.45) is 2.33. The number of hydrogen-bond acceptors (Lipinski definition) is 3. The Balaban J connectivity index is 3.39. The van der Waals surface area contributed by atoms with E-state index in [2.05, 4.69) is 39.9 Å². The standard InChI is InChI=1S/C14H31NO2/c1-6-7-8-16-9-10-17-12-14(4,5)11-15-13(2)3/h13,15H,6-12H2,1-5H3. The maximum absolute atomic E-state index is 5.65. The Hall–Kier alpha value is -0.120. The van der Waals surface area contributed by atoms with Gasteiger partial charge in [-0.05, 0) is 6.42 Å². The van der Waals surface area contributed by atoms with Crippen molar-refractivity contribution in [1.29, 1.82) is 0 Å². The Bertz CT molecular complexity index is 170. The molecule has 1 N–H and O–H groups in total. The minimum Gasteiger partial charge on any atom is -0.379 e. The fourth-order valence-corrected chi connectivity index (χ4v) is 1.35. The van der Waals surface area contributed by atoms with Crippen molar-refractivity contribution in [3.05, 3.63) is 0 Å². The zero-order valence-electron chi connectivity index (χ0n) is 12.3. The van der Waals surface area contributed by atoms with Crippen LogP contribution in [0.5, 0.6) is 0 Å². The van der Waals surface area contributed by atoms with Gasteiger partial charge in [-0.2, -0.15) is 0 Å². The molecule has 0 aromatic heterocycles. The largest absolute Gasteiger partial charge is 0.379 e. The molecule has 0 saturated carbocycles. The zero-order valence-corrected chi connectivity index (χ0v) is 12.3. The second-order valence-corrected chi connectivity index (χ2v) is 5.72. The van der Waals surface area contributed by atoms with Gasteiger partial charge >= 0.3 is 0 Å². The topological polar surface area (TPSA) is 30.5 Å². The summed E-state index contributed by atoms with van der Waals surface area (Å²) in [4.78, 5) is 0. The number of hydrogen-bond donors (Lipinski definition) is 1. The molecule has 0 bridgehead atoms. The van der Waals surface area contributed by atoms with Crippen molar-refractivity contribution < 1.29 is 9.47 Å². The van der Waals surface area contributed by atoms with E-state index in [0.717, 1.165) is 26.2 Å². The molecular formula is C14H31NO2. The van der Waals surface area contributed by atoms with Crippen LogP contribution in [-0.4, -0.2) is 39.0 Å². The Kier molecular flexibility index (Phi) is 9.79. The highest BCUT2D eigenvalue weighted by Crippen LogP contribution is 2.14. The van der Waals surface area contributed by atoms with Gasteiger partial charge in [0.05, 0.1) is 19.8 Å². The quantitative estimate of drug-likeness (QED) is 0.568. The van der Waals surface area contributed by atoms with Crippen LogP contribution in [0.15, 0.2) is 0 Å². The Morgan fingerprint density at radius 2 is 1.71 bits per heavy atom. The van der Waals surface area contributed by atoms with Crippen LogP contribution in [-0.2, 0) is 9.47 Å². The fourth-order valence-electron chi connectivity index (χ4n) is 1.35. The summed E-state index contributed by atoms with van der Waals surface area (Å²) in [6.45, 7) is 15.0. The van der Waals surface area contributed by atoms with Crippen molar-refractivity contribution in [3.8, 4) is 0 Å². The minimum absolute atomic E-state index is 0.188. The molecule has 17 heavy (non-hydrogen) atoms. The molecule has 0 aromatic rings. The van der Waals surface area contributed by atoms with Crippen LogP contribution in [0.3, 0.4) is 0 Å². The SMILES string of the molecule is CCCCOCCOCC(C)(C)CNC(C)C. The molecule has 0 aliphatic carbocycles. The van der Waals surface area contributed by atoms with Crippen LogP contribution in [0.25, 0.3) is 0 Å². The lowest BCUT2D eigenvalue weighted by Gasteiger charge is -2.26. The van der Waals surface area contributed by atoms with Gasteiger partial charge in [0.2, 0.25) is 0 Å². The van der Waals surface area contributed by atoms with Crippen LogP contribution >= 0.6 is 0 Å². The number of ether oxygens (including phenoxy) is 2. The molecule has 0 rings (SSSR count). The van der Waals surface area contributed by atoms with Crippen LogP contribution in [0.1, 0.15) is 47.5 Å². The lowest BCUT2D eigenvalue weighted by atomic mass is 9.94. The fraction of sp³-hybridized carbons (Fsp3) is 1.00. The van der Waals surface area contributed by atoms with Crippen molar-refractivity contribution >= 4 is 0 Å². The maximum atomic E-state index is 5.65. The van der Waals surface area contributed by atoms with E-state index in [0.29, 0.717) is 19.3 Å². The molecule has 3 nitrogen and oxygen atoms in total. The molecule has 0 aliphatic rings. The third kappa shape index (κ3) is 12.1. The molecule has 104 valence electrons. The highest BCUT2D eigenvalue weighted by molar-refractivity contribution is 4.72. The minimum atomic E-state index is 0.188. The summed E-state index contributed by atoms with van der Waals surface area (Å²) in [6, 6.07) is 0.534. The Labute approximate surface area is 107 Å². The molecule has 0 spiro atoms.